The topological polar surface area (TPSA) is 114 Å². The van der Waals surface area contributed by atoms with Gasteiger partial charge in [0, 0.05) is 6.42 Å². The number of esters is 1. The molecule has 1 N–H and O–H groups in total. The van der Waals surface area contributed by atoms with Gasteiger partial charge in [-0.15, -0.1) is 5.10 Å². The van der Waals surface area contributed by atoms with Crippen molar-refractivity contribution in [3.05, 3.63) is 54.1 Å². The zero-order chi connectivity index (χ0) is 25.6. The summed E-state index contributed by atoms with van der Waals surface area (Å²) in [4.78, 5) is 31.8. The van der Waals surface area contributed by atoms with Gasteiger partial charge < -0.3 is 24.4 Å². The average molecular weight is 485 g/mol. The molecule has 2 aromatic carbocycles. The molecule has 0 aliphatic carbocycles. The molecule has 0 radical (unpaired) electrons. The van der Waals surface area contributed by atoms with Gasteiger partial charge >= 0.3 is 12.1 Å². The van der Waals surface area contributed by atoms with Crippen LogP contribution in [0.15, 0.2) is 48.5 Å². The number of nitrogens with one attached hydrogen (secondary N) is 1. The molecule has 0 unspecified atom stereocenters. The summed E-state index contributed by atoms with van der Waals surface area (Å²) in [7, 11) is 0. The van der Waals surface area contributed by atoms with Gasteiger partial charge in [0.05, 0.1) is 0 Å². The number of carbonyl (C=O) groups is 2. The van der Waals surface area contributed by atoms with Crippen molar-refractivity contribution in [1.29, 1.82) is 0 Å². The number of amides is 1. The van der Waals surface area contributed by atoms with Crippen molar-refractivity contribution >= 4 is 23.1 Å². The number of rotatable bonds is 8. The number of alkyl carbamates (subject to hydrolysis) is 1. The second-order valence-electron chi connectivity index (χ2n) is 9.92. The van der Waals surface area contributed by atoms with Crippen LogP contribution in [0.2, 0.25) is 0 Å². The van der Waals surface area contributed by atoms with Crippen molar-refractivity contribution in [3.63, 3.8) is 0 Å². The van der Waals surface area contributed by atoms with Crippen LogP contribution in [0.25, 0.3) is 11.0 Å². The Labute approximate surface area is 204 Å². The van der Waals surface area contributed by atoms with Crippen LogP contribution in [0.4, 0.5) is 4.79 Å². The van der Waals surface area contributed by atoms with Crippen molar-refractivity contribution < 1.29 is 28.6 Å². The summed E-state index contributed by atoms with van der Waals surface area (Å²) in [5.74, 6) is 0.0178. The van der Waals surface area contributed by atoms with Gasteiger partial charge in [-0.25, -0.2) is 9.59 Å². The molecule has 10 heteroatoms. The van der Waals surface area contributed by atoms with E-state index in [1.165, 1.54) is 4.85 Å². The highest BCUT2D eigenvalue weighted by atomic mass is 16.8. The van der Waals surface area contributed by atoms with Gasteiger partial charge in [0.1, 0.15) is 34.0 Å². The van der Waals surface area contributed by atoms with E-state index in [0.717, 1.165) is 16.6 Å². The van der Waals surface area contributed by atoms with Gasteiger partial charge in [-0.3, -0.25) is 0 Å². The molecule has 35 heavy (non-hydrogen) atoms. The minimum atomic E-state index is -0.917. The van der Waals surface area contributed by atoms with Gasteiger partial charge in [0.2, 0.25) is 0 Å². The lowest BCUT2D eigenvalue weighted by atomic mass is 10.1. The molecular weight excluding hydrogens is 452 g/mol. The van der Waals surface area contributed by atoms with Crippen LogP contribution in [-0.2, 0) is 20.7 Å². The number of hydrogen-bond acceptors (Lipinski definition) is 8. The molecule has 1 amide bonds. The number of fused-ring (bicyclic) bond motifs is 1. The fourth-order valence-corrected chi connectivity index (χ4v) is 3.06. The lowest BCUT2D eigenvalue weighted by molar-refractivity contribution is -0.157. The molecule has 188 valence electrons. The van der Waals surface area contributed by atoms with Crippen LogP contribution >= 0.6 is 0 Å². The van der Waals surface area contributed by atoms with Crippen molar-refractivity contribution in [2.45, 2.75) is 65.2 Å². The third-order valence-corrected chi connectivity index (χ3v) is 4.47. The van der Waals surface area contributed by atoms with Gasteiger partial charge in [0.15, 0.2) is 0 Å². The summed E-state index contributed by atoms with van der Waals surface area (Å²) in [5.41, 5.74) is 0.862. The molecule has 1 aromatic heterocycles. The smallest absolute Gasteiger partial charge is 0.408 e. The molecule has 3 aromatic rings. The average Bonchev–Trinajstić information content (AvgIpc) is 3.15. The zero-order valence-electron chi connectivity index (χ0n) is 20.9. The highest BCUT2D eigenvalue weighted by Crippen LogP contribution is 2.17. The second kappa shape index (κ2) is 10.6. The van der Waals surface area contributed by atoms with Crippen LogP contribution in [0.3, 0.4) is 0 Å². The summed E-state index contributed by atoms with van der Waals surface area (Å²) in [6, 6.07) is 13.6. The van der Waals surface area contributed by atoms with Gasteiger partial charge in [-0.1, -0.05) is 29.1 Å². The number of aromatic nitrogens is 3. The Morgan fingerprint density at radius 1 is 0.943 bits per heavy atom. The number of carbonyl (C=O) groups excluding carboxylic acids is 2. The van der Waals surface area contributed by atoms with E-state index < -0.39 is 29.3 Å². The van der Waals surface area contributed by atoms with Gasteiger partial charge in [-0.2, -0.15) is 0 Å². The number of para-hydroxylation sites is 1. The Morgan fingerprint density at radius 2 is 1.60 bits per heavy atom. The van der Waals surface area contributed by atoms with E-state index in [9.17, 15) is 9.59 Å². The predicted molar refractivity (Wildman–Crippen MR) is 129 cm³/mol. The zero-order valence-corrected chi connectivity index (χ0v) is 20.9. The second-order valence-corrected chi connectivity index (χ2v) is 9.92. The monoisotopic (exact) mass is 484 g/mol. The molecule has 0 aliphatic rings. The Balaban J connectivity index is 1.60. The van der Waals surface area contributed by atoms with Crippen molar-refractivity contribution in [2.24, 2.45) is 0 Å². The van der Waals surface area contributed by atoms with E-state index in [0.29, 0.717) is 5.75 Å². The van der Waals surface area contributed by atoms with Crippen LogP contribution in [-0.4, -0.2) is 51.3 Å². The fourth-order valence-electron chi connectivity index (χ4n) is 3.06. The van der Waals surface area contributed by atoms with Crippen LogP contribution in [0, 0.1) is 0 Å². The summed E-state index contributed by atoms with van der Waals surface area (Å²) < 4.78 is 16.4. The lowest BCUT2D eigenvalue weighted by Crippen LogP contribution is -2.47. The molecule has 1 atom stereocenters. The van der Waals surface area contributed by atoms with Gasteiger partial charge in [-0.05, 0) is 76.6 Å². The van der Waals surface area contributed by atoms with Crippen molar-refractivity contribution in [2.75, 3.05) is 6.79 Å². The van der Waals surface area contributed by atoms with Crippen LogP contribution in [0.1, 0.15) is 47.1 Å². The van der Waals surface area contributed by atoms with Gasteiger partial charge in [0.25, 0.3) is 6.79 Å². The number of hydrogen-bond donors (Lipinski definition) is 1. The maximum Gasteiger partial charge on any atom is 0.408 e. The van der Waals surface area contributed by atoms with E-state index in [4.69, 9.17) is 19.0 Å². The standard InChI is InChI=1S/C25H32N4O6/c1-24(2,3)34-22(30)20(26-23(31)35-25(4,5)6)15-17-11-13-18(14-12-17)32-16-33-29-21-10-8-7-9-19(21)27-28-29/h7-14,20H,15-16H2,1-6H3,(H,26,31)/t20-/m1/s1. The molecular formula is C25H32N4O6. The molecule has 0 saturated carbocycles. The lowest BCUT2D eigenvalue weighted by Gasteiger charge is -2.26. The maximum absolute atomic E-state index is 12.7. The molecule has 1 heterocycles. The first-order chi connectivity index (χ1) is 16.4. The molecule has 0 spiro atoms. The molecule has 0 bridgehead atoms. The Kier molecular flexibility index (Phi) is 7.83. The Morgan fingerprint density at radius 3 is 2.26 bits per heavy atom. The molecule has 0 aliphatic heterocycles. The van der Waals surface area contributed by atoms with Crippen molar-refractivity contribution in [3.8, 4) is 5.75 Å². The van der Waals surface area contributed by atoms with Crippen LogP contribution < -0.4 is 14.9 Å². The van der Waals surface area contributed by atoms with Crippen LogP contribution in [0.5, 0.6) is 5.75 Å². The highest BCUT2D eigenvalue weighted by molar-refractivity contribution is 5.82. The minimum Gasteiger partial charge on any atom is -0.458 e. The third-order valence-electron chi connectivity index (χ3n) is 4.47. The summed E-state index contributed by atoms with van der Waals surface area (Å²) >= 11 is 0. The molecule has 0 fully saturated rings. The van der Waals surface area contributed by atoms with Crippen molar-refractivity contribution in [1.82, 2.24) is 20.5 Å². The quantitative estimate of drug-likeness (QED) is 0.381. The van der Waals surface area contributed by atoms with E-state index in [1.807, 2.05) is 24.3 Å². The van der Waals surface area contributed by atoms with E-state index in [2.05, 4.69) is 15.6 Å². The third kappa shape index (κ3) is 8.16. The van der Waals surface area contributed by atoms with E-state index in [-0.39, 0.29) is 13.2 Å². The maximum atomic E-state index is 12.7. The molecule has 0 saturated heterocycles. The summed E-state index contributed by atoms with van der Waals surface area (Å²) in [6.45, 7) is 10.5. The molecule has 10 nitrogen and oxygen atoms in total. The Bertz CT molecular complexity index is 1150. The normalized spacial score (nSPS) is 12.6. The predicted octanol–water partition coefficient (Wildman–Crippen LogP) is 3.67. The first kappa shape index (κ1) is 25.8. The van der Waals surface area contributed by atoms with E-state index in [1.54, 1.807) is 65.8 Å². The number of benzene rings is 2. The fraction of sp³-hybridized carbons (Fsp3) is 0.440. The SMILES string of the molecule is CC(C)(C)OC(=O)N[C@H](Cc1ccc(OCOn2nnc3ccccc32)cc1)C(=O)OC(C)(C)C. The number of nitrogens with zero attached hydrogens (tertiary/aromatic N) is 3. The summed E-state index contributed by atoms with van der Waals surface area (Å²) in [6.07, 6.45) is -0.471. The summed E-state index contributed by atoms with van der Waals surface area (Å²) in [5, 5.41) is 10.6. The number of ether oxygens (including phenoxy) is 3. The van der Waals surface area contributed by atoms with E-state index >= 15 is 0 Å². The first-order valence-electron chi connectivity index (χ1n) is 11.3. The highest BCUT2D eigenvalue weighted by Gasteiger charge is 2.29. The molecule has 3 rings (SSSR count). The minimum absolute atomic E-state index is 0.0760. The Hall–Kier alpha value is -3.82. The first-order valence-corrected chi connectivity index (χ1v) is 11.3. The largest absolute Gasteiger partial charge is 0.458 e.